The average molecular weight is 295 g/mol. The number of pyridine rings is 1. The summed E-state index contributed by atoms with van der Waals surface area (Å²) in [6.07, 6.45) is 5.34. The van der Waals surface area contributed by atoms with Gasteiger partial charge in [0.2, 0.25) is 0 Å². The number of aromatic amines is 1. The van der Waals surface area contributed by atoms with Crippen LogP contribution in [0.15, 0.2) is 36.5 Å². The van der Waals surface area contributed by atoms with Crippen molar-refractivity contribution in [3.63, 3.8) is 0 Å². The first-order valence-corrected chi connectivity index (χ1v) is 7.80. The second-order valence-electron chi connectivity index (χ2n) is 5.73. The lowest BCUT2D eigenvalue weighted by Gasteiger charge is -2.26. The van der Waals surface area contributed by atoms with Crippen LogP contribution in [-0.4, -0.2) is 14.5 Å². The summed E-state index contributed by atoms with van der Waals surface area (Å²) in [6, 6.07) is 11.0. The standard InChI is InChI=1S/C17H17N3S/c1-11-9-10-18-16-15(11)19-17(21)20(16)14-8-4-6-12-5-2-3-7-13(12)14/h2-3,5,7,9-10,14H,4,6,8H2,1H3,(H,19,21). The van der Waals surface area contributed by atoms with Crippen molar-refractivity contribution in [2.75, 3.05) is 0 Å². The van der Waals surface area contributed by atoms with Gasteiger partial charge in [-0.2, -0.15) is 0 Å². The Morgan fingerprint density at radius 3 is 3.05 bits per heavy atom. The van der Waals surface area contributed by atoms with Crippen molar-refractivity contribution in [1.29, 1.82) is 0 Å². The molecule has 1 atom stereocenters. The van der Waals surface area contributed by atoms with Crippen LogP contribution < -0.4 is 0 Å². The molecule has 2 heterocycles. The average Bonchev–Trinajstić information content (AvgIpc) is 2.84. The highest BCUT2D eigenvalue weighted by Gasteiger charge is 2.24. The lowest BCUT2D eigenvalue weighted by molar-refractivity contribution is 0.493. The topological polar surface area (TPSA) is 33.6 Å². The molecule has 4 heteroatoms. The number of nitrogens with zero attached hydrogens (tertiary/aromatic N) is 2. The van der Waals surface area contributed by atoms with E-state index in [0.29, 0.717) is 6.04 Å². The van der Waals surface area contributed by atoms with Crippen LogP contribution in [0.25, 0.3) is 11.2 Å². The van der Waals surface area contributed by atoms with Crippen molar-refractivity contribution in [1.82, 2.24) is 14.5 Å². The number of rotatable bonds is 1. The third-order valence-electron chi connectivity index (χ3n) is 4.47. The minimum absolute atomic E-state index is 0.297. The third kappa shape index (κ3) is 1.94. The van der Waals surface area contributed by atoms with E-state index in [1.54, 1.807) is 0 Å². The maximum absolute atomic E-state index is 5.59. The van der Waals surface area contributed by atoms with E-state index in [4.69, 9.17) is 12.2 Å². The van der Waals surface area contributed by atoms with Crippen LogP contribution in [0, 0.1) is 11.7 Å². The minimum atomic E-state index is 0.297. The summed E-state index contributed by atoms with van der Waals surface area (Å²) in [5, 5.41) is 0. The molecule has 1 unspecified atom stereocenters. The van der Waals surface area contributed by atoms with Gasteiger partial charge in [0.25, 0.3) is 0 Å². The van der Waals surface area contributed by atoms with Gasteiger partial charge in [0.1, 0.15) is 0 Å². The molecule has 1 aromatic carbocycles. The molecule has 0 saturated heterocycles. The molecule has 1 aliphatic carbocycles. The summed E-state index contributed by atoms with van der Waals surface area (Å²) in [4.78, 5) is 7.91. The van der Waals surface area contributed by atoms with Gasteiger partial charge in [-0.25, -0.2) is 4.98 Å². The first-order chi connectivity index (χ1) is 10.3. The quantitative estimate of drug-likeness (QED) is 0.678. The molecular formula is C17H17N3S. The second-order valence-corrected chi connectivity index (χ2v) is 6.12. The summed E-state index contributed by atoms with van der Waals surface area (Å²) in [5.74, 6) is 0. The van der Waals surface area contributed by atoms with E-state index in [-0.39, 0.29) is 0 Å². The molecule has 1 aliphatic rings. The summed E-state index contributed by atoms with van der Waals surface area (Å²) in [5.41, 5.74) is 6.06. The Morgan fingerprint density at radius 1 is 1.29 bits per heavy atom. The number of H-pyrrole nitrogens is 1. The lowest BCUT2D eigenvalue weighted by atomic mass is 9.87. The summed E-state index contributed by atoms with van der Waals surface area (Å²) in [6.45, 7) is 2.09. The highest BCUT2D eigenvalue weighted by Crippen LogP contribution is 2.35. The zero-order chi connectivity index (χ0) is 14.4. The number of imidazole rings is 1. The molecule has 3 nitrogen and oxygen atoms in total. The number of aryl methyl sites for hydroxylation is 2. The number of aromatic nitrogens is 3. The van der Waals surface area contributed by atoms with Crippen LogP contribution in [0.1, 0.15) is 35.6 Å². The smallest absolute Gasteiger partial charge is 0.179 e. The largest absolute Gasteiger partial charge is 0.329 e. The van der Waals surface area contributed by atoms with Gasteiger partial charge in [-0.1, -0.05) is 24.3 Å². The predicted octanol–water partition coefficient (Wildman–Crippen LogP) is 4.33. The second kappa shape index (κ2) is 4.81. The molecule has 106 valence electrons. The van der Waals surface area contributed by atoms with Crippen LogP contribution in [0.3, 0.4) is 0 Å². The molecule has 4 rings (SSSR count). The zero-order valence-corrected chi connectivity index (χ0v) is 12.8. The molecule has 0 saturated carbocycles. The fourth-order valence-corrected chi connectivity index (χ4v) is 3.75. The van der Waals surface area contributed by atoms with Crippen molar-refractivity contribution < 1.29 is 0 Å². The van der Waals surface area contributed by atoms with Crippen molar-refractivity contribution in [3.05, 3.63) is 58.0 Å². The van der Waals surface area contributed by atoms with Crippen LogP contribution in [0.5, 0.6) is 0 Å². The van der Waals surface area contributed by atoms with E-state index in [0.717, 1.165) is 28.8 Å². The van der Waals surface area contributed by atoms with Gasteiger partial charge >= 0.3 is 0 Å². The van der Waals surface area contributed by atoms with E-state index in [9.17, 15) is 0 Å². The van der Waals surface area contributed by atoms with E-state index >= 15 is 0 Å². The van der Waals surface area contributed by atoms with E-state index in [1.165, 1.54) is 23.1 Å². The van der Waals surface area contributed by atoms with Crippen LogP contribution in [0.2, 0.25) is 0 Å². The molecule has 2 aromatic heterocycles. The summed E-state index contributed by atoms with van der Waals surface area (Å²) < 4.78 is 2.98. The maximum atomic E-state index is 5.59. The van der Waals surface area contributed by atoms with E-state index in [2.05, 4.69) is 45.7 Å². The number of hydrogen-bond acceptors (Lipinski definition) is 2. The van der Waals surface area contributed by atoms with Crippen LogP contribution in [0.4, 0.5) is 0 Å². The van der Waals surface area contributed by atoms with Crippen molar-refractivity contribution in [2.45, 2.75) is 32.2 Å². The highest BCUT2D eigenvalue weighted by molar-refractivity contribution is 7.71. The SMILES string of the molecule is Cc1ccnc2c1[nH]c(=S)n2C1CCCc2ccccc21. The molecule has 0 radical (unpaired) electrons. The zero-order valence-electron chi connectivity index (χ0n) is 12.0. The van der Waals surface area contributed by atoms with Gasteiger partial charge in [-0.3, -0.25) is 4.57 Å². The Hall–Kier alpha value is -1.94. The first kappa shape index (κ1) is 12.8. The maximum Gasteiger partial charge on any atom is 0.179 e. The number of benzene rings is 1. The molecule has 0 fully saturated rings. The van der Waals surface area contributed by atoms with Crippen LogP contribution in [-0.2, 0) is 6.42 Å². The Kier molecular flexibility index (Phi) is 2.93. The van der Waals surface area contributed by atoms with Crippen molar-refractivity contribution in [3.8, 4) is 0 Å². The fourth-order valence-electron chi connectivity index (χ4n) is 3.43. The molecule has 0 spiro atoms. The first-order valence-electron chi connectivity index (χ1n) is 7.39. The molecule has 3 aromatic rings. The van der Waals surface area contributed by atoms with Gasteiger partial charge in [-0.05, 0) is 61.2 Å². The Morgan fingerprint density at radius 2 is 2.14 bits per heavy atom. The monoisotopic (exact) mass is 295 g/mol. The number of nitrogens with one attached hydrogen (secondary N) is 1. The predicted molar refractivity (Wildman–Crippen MR) is 87.2 cm³/mol. The highest BCUT2D eigenvalue weighted by atomic mass is 32.1. The summed E-state index contributed by atoms with van der Waals surface area (Å²) in [7, 11) is 0. The Bertz CT molecular complexity index is 875. The van der Waals surface area contributed by atoms with Gasteiger partial charge < -0.3 is 4.98 Å². The van der Waals surface area contributed by atoms with Gasteiger partial charge in [0.05, 0.1) is 11.6 Å². The molecule has 1 N–H and O–H groups in total. The molecule has 0 aliphatic heterocycles. The van der Waals surface area contributed by atoms with E-state index < -0.39 is 0 Å². The number of fused-ring (bicyclic) bond motifs is 2. The molecule has 0 bridgehead atoms. The van der Waals surface area contributed by atoms with Crippen LogP contribution >= 0.6 is 12.2 Å². The van der Waals surface area contributed by atoms with Gasteiger partial charge in [0.15, 0.2) is 10.4 Å². The van der Waals surface area contributed by atoms with E-state index in [1.807, 2.05) is 12.3 Å². The fraction of sp³-hybridized carbons (Fsp3) is 0.294. The lowest BCUT2D eigenvalue weighted by Crippen LogP contribution is -2.17. The van der Waals surface area contributed by atoms with Gasteiger partial charge in [-0.15, -0.1) is 0 Å². The third-order valence-corrected chi connectivity index (χ3v) is 4.77. The normalized spacial score (nSPS) is 17.9. The molecule has 0 amide bonds. The number of hydrogen-bond donors (Lipinski definition) is 1. The van der Waals surface area contributed by atoms with Gasteiger partial charge in [0, 0.05) is 6.20 Å². The molecule has 21 heavy (non-hydrogen) atoms. The Labute approximate surface area is 128 Å². The Balaban J connectivity index is 1.98. The van der Waals surface area contributed by atoms with Crippen molar-refractivity contribution >= 4 is 23.4 Å². The molecular weight excluding hydrogens is 278 g/mol. The summed E-state index contributed by atoms with van der Waals surface area (Å²) >= 11 is 5.59. The van der Waals surface area contributed by atoms with Crippen molar-refractivity contribution in [2.24, 2.45) is 0 Å². The minimum Gasteiger partial charge on any atom is -0.329 e.